The average Bonchev–Trinajstić information content (AvgIpc) is 2.13. The first-order valence-corrected chi connectivity index (χ1v) is 4.52. The number of rotatable bonds is 5. The van der Waals surface area contributed by atoms with Crippen molar-refractivity contribution in [2.45, 2.75) is 13.8 Å². The third-order valence-electron chi connectivity index (χ3n) is 1.21. The molecule has 0 saturated carbocycles. The number of ether oxygens (including phenoxy) is 2. The first-order valence-electron chi connectivity index (χ1n) is 4.52. The molecule has 0 atom stereocenters. The van der Waals surface area contributed by atoms with Gasteiger partial charge in [0.2, 0.25) is 0 Å². The lowest BCUT2D eigenvalue weighted by molar-refractivity contribution is 0.147. The summed E-state index contributed by atoms with van der Waals surface area (Å²) in [6.07, 6.45) is -0.976. The molecule has 14 heavy (non-hydrogen) atoms. The maximum Gasteiger partial charge on any atom is 0.407 e. The highest BCUT2D eigenvalue weighted by Gasteiger charge is 2.00. The summed E-state index contributed by atoms with van der Waals surface area (Å²) >= 11 is 0. The molecule has 6 heteroatoms. The SMILES string of the molecule is CCOC(=O)NCCNC(=O)OCC. The molecule has 2 N–H and O–H groups in total. The molecule has 0 bridgehead atoms. The Balaban J connectivity index is 3.28. The van der Waals surface area contributed by atoms with Gasteiger partial charge in [0.25, 0.3) is 0 Å². The van der Waals surface area contributed by atoms with Gasteiger partial charge in [-0.1, -0.05) is 0 Å². The summed E-state index contributed by atoms with van der Waals surface area (Å²) in [5.74, 6) is 0. The molecule has 0 saturated heterocycles. The molecule has 0 aromatic rings. The van der Waals surface area contributed by atoms with Crippen LogP contribution >= 0.6 is 0 Å². The van der Waals surface area contributed by atoms with E-state index >= 15 is 0 Å². The van der Waals surface area contributed by atoms with Crippen LogP contribution in [-0.4, -0.2) is 38.5 Å². The number of alkyl carbamates (subject to hydrolysis) is 2. The number of amides is 2. The smallest absolute Gasteiger partial charge is 0.407 e. The Hall–Kier alpha value is -1.46. The summed E-state index contributed by atoms with van der Waals surface area (Å²) in [6.45, 7) is 4.73. The fraction of sp³-hybridized carbons (Fsp3) is 0.750. The van der Waals surface area contributed by atoms with Crippen LogP contribution in [0.2, 0.25) is 0 Å². The Kier molecular flexibility index (Phi) is 7.30. The highest BCUT2D eigenvalue weighted by atomic mass is 16.6. The number of carbonyl (C=O) groups is 2. The van der Waals surface area contributed by atoms with E-state index in [-0.39, 0.29) is 0 Å². The largest absolute Gasteiger partial charge is 0.450 e. The fourth-order valence-electron chi connectivity index (χ4n) is 0.693. The minimum atomic E-state index is -0.488. The molecule has 2 amide bonds. The van der Waals surface area contributed by atoms with E-state index in [1.165, 1.54) is 0 Å². The van der Waals surface area contributed by atoms with Gasteiger partial charge in [-0.15, -0.1) is 0 Å². The van der Waals surface area contributed by atoms with Crippen LogP contribution in [0.25, 0.3) is 0 Å². The molecule has 0 aliphatic heterocycles. The normalized spacial score (nSPS) is 9.00. The monoisotopic (exact) mass is 204 g/mol. The van der Waals surface area contributed by atoms with E-state index in [9.17, 15) is 9.59 Å². The van der Waals surface area contributed by atoms with Gasteiger partial charge in [0, 0.05) is 13.1 Å². The molecular weight excluding hydrogens is 188 g/mol. The van der Waals surface area contributed by atoms with Crippen LogP contribution in [0.3, 0.4) is 0 Å². The second-order valence-corrected chi connectivity index (χ2v) is 2.29. The van der Waals surface area contributed by atoms with Crippen LogP contribution < -0.4 is 10.6 Å². The number of carbonyl (C=O) groups excluding carboxylic acids is 2. The van der Waals surface area contributed by atoms with E-state index in [1.54, 1.807) is 13.8 Å². The molecule has 0 spiro atoms. The second-order valence-electron chi connectivity index (χ2n) is 2.29. The van der Waals surface area contributed by atoms with Gasteiger partial charge in [-0.3, -0.25) is 0 Å². The zero-order chi connectivity index (χ0) is 10.8. The quantitative estimate of drug-likeness (QED) is 0.638. The van der Waals surface area contributed by atoms with Crippen molar-refractivity contribution in [3.63, 3.8) is 0 Å². The van der Waals surface area contributed by atoms with Crippen molar-refractivity contribution < 1.29 is 19.1 Å². The van der Waals surface area contributed by atoms with Crippen molar-refractivity contribution in [2.75, 3.05) is 26.3 Å². The van der Waals surface area contributed by atoms with E-state index < -0.39 is 12.2 Å². The van der Waals surface area contributed by atoms with Crippen molar-refractivity contribution in [3.05, 3.63) is 0 Å². The molecule has 0 heterocycles. The Labute approximate surface area is 82.9 Å². The standard InChI is InChI=1S/C8H16N2O4/c1-3-13-7(11)9-5-6-10-8(12)14-4-2/h3-6H2,1-2H3,(H,9,11)(H,10,12). The van der Waals surface area contributed by atoms with Gasteiger partial charge >= 0.3 is 12.2 Å². The lowest BCUT2D eigenvalue weighted by Crippen LogP contribution is -2.35. The van der Waals surface area contributed by atoms with E-state index in [2.05, 4.69) is 20.1 Å². The number of hydrogen-bond acceptors (Lipinski definition) is 4. The maximum atomic E-state index is 10.7. The molecule has 82 valence electrons. The van der Waals surface area contributed by atoms with Gasteiger partial charge in [0.1, 0.15) is 0 Å². The van der Waals surface area contributed by atoms with Crippen molar-refractivity contribution in [3.8, 4) is 0 Å². The lowest BCUT2D eigenvalue weighted by Gasteiger charge is -2.06. The number of nitrogens with one attached hydrogen (secondary N) is 2. The second kappa shape index (κ2) is 8.15. The fourth-order valence-corrected chi connectivity index (χ4v) is 0.693. The van der Waals surface area contributed by atoms with Crippen molar-refractivity contribution in [1.82, 2.24) is 10.6 Å². The Morgan fingerprint density at radius 3 is 1.57 bits per heavy atom. The Morgan fingerprint density at radius 1 is 0.929 bits per heavy atom. The van der Waals surface area contributed by atoms with Gasteiger partial charge in [-0.05, 0) is 13.8 Å². The summed E-state index contributed by atoms with van der Waals surface area (Å²) in [5.41, 5.74) is 0. The molecule has 0 aromatic carbocycles. The predicted molar refractivity (Wildman–Crippen MR) is 50.0 cm³/mol. The van der Waals surface area contributed by atoms with Crippen LogP contribution in [0.1, 0.15) is 13.8 Å². The van der Waals surface area contributed by atoms with Crippen LogP contribution in [-0.2, 0) is 9.47 Å². The van der Waals surface area contributed by atoms with Gasteiger partial charge in [-0.25, -0.2) is 9.59 Å². The zero-order valence-electron chi connectivity index (χ0n) is 8.46. The first kappa shape index (κ1) is 12.5. The summed E-state index contributed by atoms with van der Waals surface area (Å²) in [6, 6.07) is 0. The van der Waals surface area contributed by atoms with E-state index in [0.717, 1.165) is 0 Å². The van der Waals surface area contributed by atoms with Crippen LogP contribution in [0, 0.1) is 0 Å². The highest BCUT2D eigenvalue weighted by molar-refractivity contribution is 5.68. The zero-order valence-corrected chi connectivity index (χ0v) is 8.46. The van der Waals surface area contributed by atoms with Crippen LogP contribution in [0.4, 0.5) is 9.59 Å². The van der Waals surface area contributed by atoms with Crippen molar-refractivity contribution in [2.24, 2.45) is 0 Å². The van der Waals surface area contributed by atoms with Gasteiger partial charge in [0.15, 0.2) is 0 Å². The van der Waals surface area contributed by atoms with Gasteiger partial charge < -0.3 is 20.1 Å². The molecule has 0 aliphatic rings. The Morgan fingerprint density at radius 2 is 1.29 bits per heavy atom. The molecule has 0 radical (unpaired) electrons. The number of hydrogen-bond donors (Lipinski definition) is 2. The van der Waals surface area contributed by atoms with E-state index in [0.29, 0.717) is 26.3 Å². The molecule has 0 fully saturated rings. The highest BCUT2D eigenvalue weighted by Crippen LogP contribution is 1.76. The minimum Gasteiger partial charge on any atom is -0.450 e. The van der Waals surface area contributed by atoms with E-state index in [1.807, 2.05) is 0 Å². The van der Waals surface area contributed by atoms with Crippen molar-refractivity contribution in [1.29, 1.82) is 0 Å². The summed E-state index contributed by atoms with van der Waals surface area (Å²) in [5, 5.41) is 4.90. The van der Waals surface area contributed by atoms with Crippen LogP contribution in [0.5, 0.6) is 0 Å². The third-order valence-corrected chi connectivity index (χ3v) is 1.21. The molecule has 0 aromatic heterocycles. The van der Waals surface area contributed by atoms with Gasteiger partial charge in [0.05, 0.1) is 13.2 Å². The predicted octanol–water partition coefficient (Wildman–Crippen LogP) is 0.479. The molecule has 6 nitrogen and oxygen atoms in total. The third kappa shape index (κ3) is 7.20. The minimum absolute atomic E-state index is 0.317. The maximum absolute atomic E-state index is 10.7. The summed E-state index contributed by atoms with van der Waals surface area (Å²) < 4.78 is 9.20. The molecular formula is C8H16N2O4. The molecule has 0 aliphatic carbocycles. The lowest BCUT2D eigenvalue weighted by atomic mass is 10.6. The Bertz CT molecular complexity index is 164. The average molecular weight is 204 g/mol. The van der Waals surface area contributed by atoms with Crippen molar-refractivity contribution >= 4 is 12.2 Å². The van der Waals surface area contributed by atoms with Crippen LogP contribution in [0.15, 0.2) is 0 Å². The first-order chi connectivity index (χ1) is 6.70. The summed E-state index contributed by atoms with van der Waals surface area (Å²) in [7, 11) is 0. The van der Waals surface area contributed by atoms with Gasteiger partial charge in [-0.2, -0.15) is 0 Å². The van der Waals surface area contributed by atoms with E-state index in [4.69, 9.17) is 0 Å². The topological polar surface area (TPSA) is 76.7 Å². The molecule has 0 rings (SSSR count). The summed E-state index contributed by atoms with van der Waals surface area (Å²) in [4.78, 5) is 21.5. The molecule has 0 unspecified atom stereocenters.